The van der Waals surface area contributed by atoms with Crippen molar-refractivity contribution >= 4 is 12.2 Å². The number of nitrogens with zero attached hydrogens (tertiary/aromatic N) is 1. The summed E-state index contributed by atoms with van der Waals surface area (Å²) < 4.78 is 0. The average molecular weight is 433 g/mol. The summed E-state index contributed by atoms with van der Waals surface area (Å²) in [7, 11) is 0. The smallest absolute Gasteiger partial charge is 0.185 e. The number of nitrogens with one attached hydrogen (secondary N) is 2. The van der Waals surface area contributed by atoms with Gasteiger partial charge in [-0.3, -0.25) is 5.41 Å². The Balaban J connectivity index is 1.30. The first-order valence-electron chi connectivity index (χ1n) is 12.7. The van der Waals surface area contributed by atoms with Crippen LogP contribution in [0, 0.1) is 45.8 Å². The molecule has 6 nitrogen and oxygen atoms in total. The van der Waals surface area contributed by atoms with Crippen molar-refractivity contribution in [3.05, 3.63) is 0 Å². The van der Waals surface area contributed by atoms with Gasteiger partial charge in [0, 0.05) is 19.2 Å². The van der Waals surface area contributed by atoms with Gasteiger partial charge in [0.15, 0.2) is 5.96 Å². The summed E-state index contributed by atoms with van der Waals surface area (Å²) in [5.41, 5.74) is 6.19. The summed E-state index contributed by atoms with van der Waals surface area (Å²) in [5.74, 6) is 4.11. The third kappa shape index (κ3) is 4.46. The van der Waals surface area contributed by atoms with Crippen molar-refractivity contribution in [3.8, 4) is 0 Å². The third-order valence-electron chi connectivity index (χ3n) is 10.1. The zero-order valence-electron chi connectivity index (χ0n) is 19.6. The molecule has 3 unspecified atom stereocenters. The lowest BCUT2D eigenvalue weighted by molar-refractivity contribution is -0.126. The van der Waals surface area contributed by atoms with E-state index in [2.05, 4.69) is 24.3 Å². The fraction of sp³-hybridized carbons (Fsp3) is 0.920. The minimum Gasteiger partial charge on any atom is -0.396 e. The molecule has 0 saturated heterocycles. The van der Waals surface area contributed by atoms with Crippen LogP contribution in [0.25, 0.3) is 0 Å². The fourth-order valence-corrected chi connectivity index (χ4v) is 8.37. The summed E-state index contributed by atoms with van der Waals surface area (Å²) in [6.45, 7) is 6.35. The number of aliphatic hydroxyl groups excluding tert-OH is 1. The Morgan fingerprint density at radius 2 is 1.90 bits per heavy atom. The van der Waals surface area contributed by atoms with Crippen molar-refractivity contribution in [2.45, 2.75) is 90.6 Å². The van der Waals surface area contributed by atoms with Gasteiger partial charge in [0.1, 0.15) is 6.61 Å². The Labute approximate surface area is 188 Å². The molecule has 0 aromatic carbocycles. The summed E-state index contributed by atoms with van der Waals surface area (Å²) >= 11 is 0. The van der Waals surface area contributed by atoms with Gasteiger partial charge in [-0.2, -0.15) is 0 Å². The first-order chi connectivity index (χ1) is 14.8. The summed E-state index contributed by atoms with van der Waals surface area (Å²) in [6.07, 6.45) is 15.3. The molecule has 176 valence electrons. The summed E-state index contributed by atoms with van der Waals surface area (Å²) in [4.78, 5) is 5.41. The zero-order valence-corrected chi connectivity index (χ0v) is 19.6. The minimum absolute atomic E-state index is 0.00538. The van der Waals surface area contributed by atoms with Crippen LogP contribution in [0.2, 0.25) is 0 Å². The van der Waals surface area contributed by atoms with Crippen LogP contribution >= 0.6 is 0 Å². The molecule has 0 amide bonds. The molecule has 0 bridgehead atoms. The van der Waals surface area contributed by atoms with Crippen LogP contribution in [0.15, 0.2) is 5.16 Å². The number of nitrogens with two attached hydrogens (primary N) is 1. The van der Waals surface area contributed by atoms with E-state index in [0.717, 1.165) is 55.3 Å². The van der Waals surface area contributed by atoms with Gasteiger partial charge < -0.3 is 21.0 Å². The topological polar surface area (TPSA) is 104 Å². The normalized spacial score (nSPS) is 44.4. The Bertz CT molecular complexity index is 670. The van der Waals surface area contributed by atoms with Crippen molar-refractivity contribution in [3.63, 3.8) is 0 Å². The maximum atomic E-state index is 10.2. The molecule has 4 fully saturated rings. The van der Waals surface area contributed by atoms with E-state index in [1.54, 1.807) is 0 Å². The van der Waals surface area contributed by atoms with Gasteiger partial charge in [-0.25, -0.2) is 0 Å². The molecule has 0 aliphatic heterocycles. The molecule has 0 aromatic rings. The van der Waals surface area contributed by atoms with Crippen LogP contribution < -0.4 is 11.1 Å². The first kappa shape index (κ1) is 22.9. The van der Waals surface area contributed by atoms with Crippen molar-refractivity contribution in [2.75, 3.05) is 13.2 Å². The van der Waals surface area contributed by atoms with Gasteiger partial charge in [-0.05, 0) is 105 Å². The summed E-state index contributed by atoms with van der Waals surface area (Å²) in [5, 5.41) is 24.4. The van der Waals surface area contributed by atoms with E-state index in [1.165, 1.54) is 44.9 Å². The number of hydrogen-bond donors (Lipinski definition) is 4. The predicted octanol–water partition coefficient (Wildman–Crippen LogP) is 4.27. The van der Waals surface area contributed by atoms with Gasteiger partial charge in [-0.15, -0.1) is 0 Å². The second-order valence-corrected chi connectivity index (χ2v) is 11.5. The Kier molecular flexibility index (Phi) is 6.85. The van der Waals surface area contributed by atoms with Crippen LogP contribution in [0.3, 0.4) is 0 Å². The monoisotopic (exact) mass is 432 g/mol. The van der Waals surface area contributed by atoms with E-state index in [1.807, 2.05) is 6.21 Å². The van der Waals surface area contributed by atoms with Crippen LogP contribution in [-0.2, 0) is 4.84 Å². The standard InChI is InChI=1S/C25H44N4O2/c1-24-12-9-22-20(6-4-18-16-19(30)8-11-25(18,22)2)21(24)7-5-17(24)10-14-29-31-15-3-13-28-23(26)27/h14,17-22,30H,3-13,15-16H2,1-2H3,(H4,26,27,28)/b29-14+/t17?,18?,19?,20-,21-,22+,24+,25-/m0/s1. The second-order valence-electron chi connectivity index (χ2n) is 11.5. The fourth-order valence-electron chi connectivity index (χ4n) is 8.37. The molecular formula is C25H44N4O2. The number of rotatable bonds is 7. The molecule has 4 aliphatic carbocycles. The maximum absolute atomic E-state index is 10.2. The van der Waals surface area contributed by atoms with E-state index in [0.29, 0.717) is 24.0 Å². The quantitative estimate of drug-likeness (QED) is 0.209. The van der Waals surface area contributed by atoms with E-state index < -0.39 is 0 Å². The molecule has 0 heterocycles. The first-order valence-corrected chi connectivity index (χ1v) is 12.7. The van der Waals surface area contributed by atoms with E-state index in [9.17, 15) is 5.11 Å². The largest absolute Gasteiger partial charge is 0.396 e. The van der Waals surface area contributed by atoms with Gasteiger partial charge in [0.2, 0.25) is 0 Å². The van der Waals surface area contributed by atoms with Crippen molar-refractivity contribution in [1.29, 1.82) is 5.41 Å². The molecule has 8 atom stereocenters. The van der Waals surface area contributed by atoms with Crippen LogP contribution in [0.4, 0.5) is 0 Å². The zero-order chi connectivity index (χ0) is 22.1. The highest BCUT2D eigenvalue weighted by Gasteiger charge is 2.59. The number of fused-ring (bicyclic) bond motifs is 5. The number of guanidine groups is 1. The lowest BCUT2D eigenvalue weighted by atomic mass is 9.44. The molecule has 6 heteroatoms. The maximum Gasteiger partial charge on any atom is 0.185 e. The molecule has 4 aliphatic rings. The lowest BCUT2D eigenvalue weighted by Crippen LogP contribution is -2.53. The third-order valence-corrected chi connectivity index (χ3v) is 10.1. The van der Waals surface area contributed by atoms with Crippen LogP contribution in [-0.4, -0.2) is 36.5 Å². The Morgan fingerprint density at radius 1 is 1.13 bits per heavy atom. The van der Waals surface area contributed by atoms with Gasteiger partial charge >= 0.3 is 0 Å². The van der Waals surface area contributed by atoms with Gasteiger partial charge in [0.25, 0.3) is 0 Å². The second kappa shape index (κ2) is 9.29. The minimum atomic E-state index is -0.0498. The molecule has 0 radical (unpaired) electrons. The molecule has 31 heavy (non-hydrogen) atoms. The number of hydrogen-bond acceptors (Lipinski definition) is 4. The number of oxime groups is 1. The van der Waals surface area contributed by atoms with Gasteiger partial charge in [0.05, 0.1) is 6.10 Å². The molecule has 5 N–H and O–H groups in total. The lowest BCUT2D eigenvalue weighted by Gasteiger charge is -2.61. The van der Waals surface area contributed by atoms with Crippen molar-refractivity contribution < 1.29 is 9.94 Å². The number of aliphatic hydroxyl groups is 1. The molecule has 0 aromatic heterocycles. The van der Waals surface area contributed by atoms with E-state index in [4.69, 9.17) is 16.0 Å². The Hall–Kier alpha value is -1.30. The Morgan fingerprint density at radius 3 is 2.71 bits per heavy atom. The molecule has 4 saturated carbocycles. The predicted molar refractivity (Wildman–Crippen MR) is 125 cm³/mol. The highest BCUT2D eigenvalue weighted by atomic mass is 16.6. The highest BCUT2D eigenvalue weighted by Crippen LogP contribution is 2.67. The van der Waals surface area contributed by atoms with E-state index in [-0.39, 0.29) is 12.1 Å². The van der Waals surface area contributed by atoms with Gasteiger partial charge in [-0.1, -0.05) is 19.0 Å². The van der Waals surface area contributed by atoms with Crippen molar-refractivity contribution in [2.24, 2.45) is 51.3 Å². The van der Waals surface area contributed by atoms with Crippen LogP contribution in [0.1, 0.15) is 84.5 Å². The SMILES string of the molecule is C[C@]12CCC(O)CC1CC[C@@H]1[C@H]2CC[C@]2(C)C(C/C=N/OCCCNC(=N)N)CC[C@@H]12. The average Bonchev–Trinajstić information content (AvgIpc) is 3.06. The molecule has 0 spiro atoms. The molecule has 4 rings (SSSR count). The van der Waals surface area contributed by atoms with Crippen molar-refractivity contribution in [1.82, 2.24) is 5.32 Å². The van der Waals surface area contributed by atoms with Crippen LogP contribution in [0.5, 0.6) is 0 Å². The van der Waals surface area contributed by atoms with E-state index >= 15 is 0 Å². The summed E-state index contributed by atoms with van der Waals surface area (Å²) in [6, 6.07) is 0. The highest BCUT2D eigenvalue weighted by molar-refractivity contribution is 5.74. The molecular weight excluding hydrogens is 388 g/mol.